The van der Waals surface area contributed by atoms with Crippen LogP contribution >= 0.6 is 11.3 Å². The zero-order valence-corrected chi connectivity index (χ0v) is 16.5. The number of fused-ring (bicyclic) bond motifs is 1. The molecule has 0 atom stereocenters. The molecule has 30 heavy (non-hydrogen) atoms. The lowest BCUT2D eigenvalue weighted by Crippen LogP contribution is -2.20. The molecule has 0 spiro atoms. The Morgan fingerprint density at radius 1 is 1.17 bits per heavy atom. The molecule has 10 heteroatoms. The molecule has 2 aromatic heterocycles. The average molecular weight is 432 g/mol. The van der Waals surface area contributed by atoms with Gasteiger partial charge in [-0.2, -0.15) is 18.3 Å². The van der Waals surface area contributed by atoms with Gasteiger partial charge in [-0.25, -0.2) is 4.98 Å². The molecule has 1 fully saturated rings. The number of alkyl halides is 3. The SMILES string of the molecule is Cn1nc(-c2cnc(C(F)(F)F)s2)c(C2CCC2)c1-c1cccc2c1C(=O)NC2=O. The maximum atomic E-state index is 13.1. The van der Waals surface area contributed by atoms with Gasteiger partial charge in [-0.15, -0.1) is 11.3 Å². The maximum Gasteiger partial charge on any atom is 0.443 e. The fraction of sp³-hybridized carbons (Fsp3) is 0.300. The van der Waals surface area contributed by atoms with E-state index in [1.54, 1.807) is 29.9 Å². The molecule has 1 saturated carbocycles. The van der Waals surface area contributed by atoms with E-state index in [1.807, 2.05) is 0 Å². The van der Waals surface area contributed by atoms with Crippen molar-refractivity contribution in [1.29, 1.82) is 0 Å². The highest BCUT2D eigenvalue weighted by atomic mass is 32.1. The van der Waals surface area contributed by atoms with Gasteiger partial charge in [0, 0.05) is 24.4 Å². The molecule has 3 aromatic rings. The molecule has 1 N–H and O–H groups in total. The summed E-state index contributed by atoms with van der Waals surface area (Å²) in [6.07, 6.45) is -0.530. The van der Waals surface area contributed by atoms with E-state index in [0.717, 1.165) is 24.8 Å². The van der Waals surface area contributed by atoms with Crippen molar-refractivity contribution in [2.24, 2.45) is 7.05 Å². The quantitative estimate of drug-likeness (QED) is 0.623. The molecular formula is C20H15F3N4O2S. The third kappa shape index (κ3) is 2.78. The van der Waals surface area contributed by atoms with Crippen molar-refractivity contribution in [2.45, 2.75) is 31.4 Å². The molecule has 0 radical (unpaired) electrons. The third-order valence-corrected chi connectivity index (χ3v) is 6.65. The second kappa shape index (κ2) is 6.49. The van der Waals surface area contributed by atoms with E-state index in [9.17, 15) is 22.8 Å². The van der Waals surface area contributed by atoms with Crippen LogP contribution in [0, 0.1) is 0 Å². The van der Waals surface area contributed by atoms with E-state index in [4.69, 9.17) is 0 Å². The lowest BCUT2D eigenvalue weighted by atomic mass is 9.77. The number of hydrogen-bond donors (Lipinski definition) is 1. The fourth-order valence-electron chi connectivity index (χ4n) is 4.06. The van der Waals surface area contributed by atoms with Crippen LogP contribution in [-0.2, 0) is 13.2 Å². The van der Waals surface area contributed by atoms with Gasteiger partial charge in [0.1, 0.15) is 5.69 Å². The van der Waals surface area contributed by atoms with Crippen molar-refractivity contribution >= 4 is 23.2 Å². The van der Waals surface area contributed by atoms with Crippen molar-refractivity contribution < 1.29 is 22.8 Å². The van der Waals surface area contributed by atoms with E-state index < -0.39 is 23.0 Å². The van der Waals surface area contributed by atoms with E-state index in [0.29, 0.717) is 33.2 Å². The number of benzene rings is 1. The third-order valence-electron chi connectivity index (χ3n) is 5.60. The van der Waals surface area contributed by atoms with E-state index >= 15 is 0 Å². The number of carbonyl (C=O) groups excluding carboxylic acids is 2. The van der Waals surface area contributed by atoms with Crippen LogP contribution in [0.15, 0.2) is 24.4 Å². The molecule has 2 amide bonds. The van der Waals surface area contributed by atoms with Crippen molar-refractivity contribution in [3.8, 4) is 21.8 Å². The summed E-state index contributed by atoms with van der Waals surface area (Å²) in [5.41, 5.74) is 3.03. The van der Waals surface area contributed by atoms with Crippen molar-refractivity contribution in [3.63, 3.8) is 0 Å². The van der Waals surface area contributed by atoms with Crippen LogP contribution in [0.25, 0.3) is 21.8 Å². The zero-order valence-electron chi connectivity index (χ0n) is 15.7. The highest BCUT2D eigenvalue weighted by Crippen LogP contribution is 2.48. The first-order chi connectivity index (χ1) is 14.3. The lowest BCUT2D eigenvalue weighted by molar-refractivity contribution is -0.137. The zero-order chi connectivity index (χ0) is 21.2. The van der Waals surface area contributed by atoms with Crippen molar-refractivity contribution in [3.05, 3.63) is 46.1 Å². The number of rotatable bonds is 3. The number of aryl methyl sites for hydroxylation is 1. The Hall–Kier alpha value is -3.01. The second-order valence-electron chi connectivity index (χ2n) is 7.40. The summed E-state index contributed by atoms with van der Waals surface area (Å²) in [6, 6.07) is 5.02. The van der Waals surface area contributed by atoms with Gasteiger partial charge in [-0.3, -0.25) is 19.6 Å². The molecule has 1 aromatic carbocycles. The first-order valence-electron chi connectivity index (χ1n) is 9.35. The molecule has 6 nitrogen and oxygen atoms in total. The van der Waals surface area contributed by atoms with Crippen LogP contribution < -0.4 is 5.32 Å². The van der Waals surface area contributed by atoms with Gasteiger partial charge in [0.15, 0.2) is 5.01 Å². The Bertz CT molecular complexity index is 1210. The molecule has 154 valence electrons. The number of nitrogens with one attached hydrogen (secondary N) is 1. The van der Waals surface area contributed by atoms with Gasteiger partial charge in [0.2, 0.25) is 0 Å². The van der Waals surface area contributed by atoms with E-state index in [-0.39, 0.29) is 17.0 Å². The summed E-state index contributed by atoms with van der Waals surface area (Å²) in [5.74, 6) is -0.817. The summed E-state index contributed by atoms with van der Waals surface area (Å²) < 4.78 is 40.8. The number of imide groups is 1. The van der Waals surface area contributed by atoms with Crippen LogP contribution in [0.1, 0.15) is 56.5 Å². The predicted octanol–water partition coefficient (Wildman–Crippen LogP) is 4.38. The van der Waals surface area contributed by atoms with Gasteiger partial charge in [0.05, 0.1) is 21.7 Å². The summed E-state index contributed by atoms with van der Waals surface area (Å²) in [7, 11) is 1.70. The van der Waals surface area contributed by atoms with Crippen LogP contribution in [0.4, 0.5) is 13.2 Å². The Morgan fingerprint density at radius 3 is 2.53 bits per heavy atom. The number of thiazole rings is 1. The lowest BCUT2D eigenvalue weighted by Gasteiger charge is -2.27. The summed E-state index contributed by atoms with van der Waals surface area (Å²) in [4.78, 5) is 28.4. The Morgan fingerprint density at radius 2 is 1.90 bits per heavy atom. The van der Waals surface area contributed by atoms with Gasteiger partial charge in [-0.05, 0) is 24.8 Å². The summed E-state index contributed by atoms with van der Waals surface area (Å²) in [6.45, 7) is 0. The number of carbonyl (C=O) groups is 2. The van der Waals surface area contributed by atoms with Gasteiger partial charge in [-0.1, -0.05) is 18.6 Å². The molecule has 5 rings (SSSR count). The second-order valence-corrected chi connectivity index (χ2v) is 8.43. The Labute approximate surface area is 172 Å². The van der Waals surface area contributed by atoms with E-state index in [2.05, 4.69) is 15.4 Å². The summed E-state index contributed by atoms with van der Waals surface area (Å²) in [5, 5.41) is 5.91. The van der Waals surface area contributed by atoms with Crippen molar-refractivity contribution in [1.82, 2.24) is 20.1 Å². The normalized spacial score (nSPS) is 16.5. The van der Waals surface area contributed by atoms with Crippen molar-refractivity contribution in [2.75, 3.05) is 0 Å². The molecule has 1 aliphatic heterocycles. The molecule has 0 unspecified atom stereocenters. The highest BCUT2D eigenvalue weighted by molar-refractivity contribution is 7.15. The molecule has 0 saturated heterocycles. The highest BCUT2D eigenvalue weighted by Gasteiger charge is 2.38. The molecule has 2 aliphatic rings. The van der Waals surface area contributed by atoms with Crippen LogP contribution in [0.5, 0.6) is 0 Å². The van der Waals surface area contributed by atoms with E-state index in [1.165, 1.54) is 6.20 Å². The van der Waals surface area contributed by atoms with Crippen LogP contribution in [-0.4, -0.2) is 26.6 Å². The first kappa shape index (κ1) is 19.0. The average Bonchev–Trinajstić information content (AvgIpc) is 3.31. The minimum Gasteiger partial charge on any atom is -0.288 e. The standard InChI is InChI=1S/C20H15F3N4O2S/c1-27-16(10-6-3-7-11-14(10)18(29)25-17(11)28)13(9-4-2-5-9)15(26-27)12-8-24-19(30-12)20(21,22)23/h3,6-9H,2,4-5H2,1H3,(H,25,28,29). The monoisotopic (exact) mass is 432 g/mol. The minimum atomic E-state index is -4.52. The number of hydrogen-bond acceptors (Lipinski definition) is 5. The number of halogens is 3. The maximum absolute atomic E-state index is 13.1. The molecule has 0 bridgehead atoms. The summed E-state index contributed by atoms with van der Waals surface area (Å²) >= 11 is 0.557. The topological polar surface area (TPSA) is 76.9 Å². The minimum absolute atomic E-state index is 0.121. The molecule has 3 heterocycles. The first-order valence-corrected chi connectivity index (χ1v) is 10.2. The largest absolute Gasteiger partial charge is 0.443 e. The number of nitrogens with zero attached hydrogens (tertiary/aromatic N) is 3. The molecule has 1 aliphatic carbocycles. The van der Waals surface area contributed by atoms with Gasteiger partial charge < -0.3 is 0 Å². The fourth-order valence-corrected chi connectivity index (χ4v) is 4.84. The molecular weight excluding hydrogens is 417 g/mol. The number of aromatic nitrogens is 3. The Kier molecular flexibility index (Phi) is 4.11. The van der Waals surface area contributed by atoms with Gasteiger partial charge >= 0.3 is 6.18 Å². The number of amides is 2. The van der Waals surface area contributed by atoms with Crippen LogP contribution in [0.3, 0.4) is 0 Å². The van der Waals surface area contributed by atoms with Crippen LogP contribution in [0.2, 0.25) is 0 Å². The predicted molar refractivity (Wildman–Crippen MR) is 103 cm³/mol. The smallest absolute Gasteiger partial charge is 0.288 e. The Balaban J connectivity index is 1.73. The van der Waals surface area contributed by atoms with Gasteiger partial charge in [0.25, 0.3) is 11.8 Å².